The van der Waals surface area contributed by atoms with Gasteiger partial charge < -0.3 is 10.1 Å². The van der Waals surface area contributed by atoms with Crippen LogP contribution in [0.2, 0.25) is 0 Å². The number of carbonyl (C=O) groups is 1. The Morgan fingerprint density at radius 2 is 2.12 bits per heavy atom. The quantitative estimate of drug-likeness (QED) is 0.889. The van der Waals surface area contributed by atoms with Crippen LogP contribution in [0.5, 0.6) is 0 Å². The molecule has 24 heavy (non-hydrogen) atoms. The van der Waals surface area contributed by atoms with Gasteiger partial charge in [0.05, 0.1) is 11.8 Å². The second kappa shape index (κ2) is 6.76. The molecule has 3 aliphatic rings. The average molecular weight is 330 g/mol. The Hall–Kier alpha value is -1.53. The van der Waals surface area contributed by atoms with E-state index in [1.54, 1.807) is 12.4 Å². The Bertz CT molecular complexity index is 568. The lowest BCUT2D eigenvalue weighted by Gasteiger charge is -2.53. The van der Waals surface area contributed by atoms with Crippen LogP contribution in [0.1, 0.15) is 49.0 Å². The van der Waals surface area contributed by atoms with E-state index in [0.717, 1.165) is 38.6 Å². The number of rotatable bonds is 5. The zero-order chi connectivity index (χ0) is 16.4. The van der Waals surface area contributed by atoms with Crippen LogP contribution in [-0.4, -0.2) is 58.7 Å². The second-order valence-electron chi connectivity index (χ2n) is 7.38. The summed E-state index contributed by atoms with van der Waals surface area (Å²) >= 11 is 0. The summed E-state index contributed by atoms with van der Waals surface area (Å²) in [4.78, 5) is 22.6. The molecule has 0 radical (unpaired) electrons. The molecule has 1 unspecified atom stereocenters. The minimum absolute atomic E-state index is 0.0554. The van der Waals surface area contributed by atoms with E-state index < -0.39 is 0 Å². The Morgan fingerprint density at radius 1 is 1.29 bits per heavy atom. The second-order valence-corrected chi connectivity index (χ2v) is 7.38. The van der Waals surface area contributed by atoms with Crippen molar-refractivity contribution in [3.8, 4) is 0 Å². The van der Waals surface area contributed by atoms with E-state index in [1.807, 2.05) is 0 Å². The highest BCUT2D eigenvalue weighted by molar-refractivity contribution is 5.91. The third-order valence-electron chi connectivity index (χ3n) is 5.96. The maximum atomic E-state index is 12.0. The molecule has 130 valence electrons. The van der Waals surface area contributed by atoms with Crippen molar-refractivity contribution in [3.05, 3.63) is 24.3 Å². The number of ether oxygens (including phenoxy) is 1. The van der Waals surface area contributed by atoms with Gasteiger partial charge in [0.1, 0.15) is 5.69 Å². The first kappa shape index (κ1) is 16.0. The number of amides is 1. The van der Waals surface area contributed by atoms with E-state index in [1.165, 1.54) is 31.9 Å². The minimum Gasteiger partial charge on any atom is -0.372 e. The van der Waals surface area contributed by atoms with Crippen molar-refractivity contribution in [1.82, 2.24) is 20.2 Å². The van der Waals surface area contributed by atoms with Gasteiger partial charge in [-0.2, -0.15) is 0 Å². The van der Waals surface area contributed by atoms with Crippen molar-refractivity contribution in [2.75, 3.05) is 26.2 Å². The first-order valence-electron chi connectivity index (χ1n) is 9.19. The van der Waals surface area contributed by atoms with Crippen LogP contribution in [0.3, 0.4) is 0 Å². The molecular weight excluding hydrogens is 304 g/mol. The molecule has 2 saturated heterocycles. The maximum absolute atomic E-state index is 12.0. The van der Waals surface area contributed by atoms with Crippen molar-refractivity contribution in [3.63, 3.8) is 0 Å². The molecule has 1 spiro atoms. The van der Waals surface area contributed by atoms with Gasteiger partial charge >= 0.3 is 0 Å². The van der Waals surface area contributed by atoms with Crippen LogP contribution in [0.4, 0.5) is 0 Å². The summed E-state index contributed by atoms with van der Waals surface area (Å²) in [6.45, 7) is 3.71. The van der Waals surface area contributed by atoms with Crippen LogP contribution in [0, 0.1) is 5.92 Å². The fraction of sp³-hybridized carbons (Fsp3) is 0.722. The molecule has 4 rings (SSSR count). The van der Waals surface area contributed by atoms with Crippen LogP contribution >= 0.6 is 0 Å². The smallest absolute Gasteiger partial charge is 0.271 e. The van der Waals surface area contributed by atoms with Crippen LogP contribution < -0.4 is 5.32 Å². The molecule has 0 bridgehead atoms. The fourth-order valence-electron chi connectivity index (χ4n) is 4.58. The highest BCUT2D eigenvalue weighted by Crippen LogP contribution is 2.44. The Labute approximate surface area is 143 Å². The fourth-order valence-corrected chi connectivity index (χ4v) is 4.58. The molecule has 2 aliphatic heterocycles. The molecule has 1 aliphatic carbocycles. The number of nitrogens with one attached hydrogen (secondary N) is 1. The number of likely N-dealkylation sites (tertiary alicyclic amines) is 1. The highest BCUT2D eigenvalue weighted by atomic mass is 16.5. The molecule has 1 amide bonds. The summed E-state index contributed by atoms with van der Waals surface area (Å²) in [7, 11) is 0. The van der Waals surface area contributed by atoms with Gasteiger partial charge in [-0.25, -0.2) is 4.98 Å². The number of hydrogen-bond donors (Lipinski definition) is 1. The predicted octanol–water partition coefficient (Wildman–Crippen LogP) is 1.63. The molecule has 1 N–H and O–H groups in total. The van der Waals surface area contributed by atoms with E-state index in [9.17, 15) is 4.79 Å². The third-order valence-corrected chi connectivity index (χ3v) is 5.96. The van der Waals surface area contributed by atoms with Crippen molar-refractivity contribution >= 4 is 5.91 Å². The Morgan fingerprint density at radius 3 is 2.88 bits per heavy atom. The van der Waals surface area contributed by atoms with Gasteiger partial charge in [0.15, 0.2) is 0 Å². The summed E-state index contributed by atoms with van der Waals surface area (Å²) < 4.78 is 6.14. The normalized spacial score (nSPS) is 26.6. The average Bonchev–Trinajstić information content (AvgIpc) is 3.23. The SMILES string of the molecule is O=C(NCCC1CCOC12CN(C1CCCC1)C2)c1cnccn1. The standard InChI is InChI=1S/C18H26N4O2/c23-17(16-11-19-8-9-20-16)21-7-5-14-6-10-24-18(14)12-22(13-18)15-3-1-2-4-15/h8-9,11,14-15H,1-7,10,12-13H2,(H,21,23). The van der Waals surface area contributed by atoms with Crippen molar-refractivity contribution in [2.24, 2.45) is 5.92 Å². The monoisotopic (exact) mass is 330 g/mol. The van der Waals surface area contributed by atoms with Gasteiger partial charge in [-0.05, 0) is 31.6 Å². The first-order chi connectivity index (χ1) is 11.8. The molecule has 3 heterocycles. The van der Waals surface area contributed by atoms with Gasteiger partial charge in [-0.15, -0.1) is 0 Å². The van der Waals surface area contributed by atoms with Crippen molar-refractivity contribution in [2.45, 2.75) is 50.2 Å². The van der Waals surface area contributed by atoms with E-state index in [2.05, 4.69) is 20.2 Å². The van der Waals surface area contributed by atoms with E-state index in [0.29, 0.717) is 18.2 Å². The molecule has 6 nitrogen and oxygen atoms in total. The number of nitrogens with zero attached hydrogens (tertiary/aromatic N) is 3. The molecule has 1 aromatic heterocycles. The van der Waals surface area contributed by atoms with Gasteiger partial charge in [0.25, 0.3) is 5.91 Å². The summed E-state index contributed by atoms with van der Waals surface area (Å²) in [5.41, 5.74) is 0.436. The highest BCUT2D eigenvalue weighted by Gasteiger charge is 2.54. The Balaban J connectivity index is 1.25. The van der Waals surface area contributed by atoms with Crippen molar-refractivity contribution in [1.29, 1.82) is 0 Å². The van der Waals surface area contributed by atoms with Crippen LogP contribution in [-0.2, 0) is 4.74 Å². The van der Waals surface area contributed by atoms with Gasteiger partial charge in [0.2, 0.25) is 0 Å². The number of carbonyl (C=O) groups excluding carboxylic acids is 1. The predicted molar refractivity (Wildman–Crippen MR) is 89.6 cm³/mol. The molecule has 3 fully saturated rings. The molecule has 6 heteroatoms. The zero-order valence-corrected chi connectivity index (χ0v) is 14.1. The third kappa shape index (κ3) is 3.05. The molecule has 1 atom stereocenters. The summed E-state index contributed by atoms with van der Waals surface area (Å²) in [5, 5.41) is 2.97. The van der Waals surface area contributed by atoms with Gasteiger partial charge in [-0.1, -0.05) is 12.8 Å². The Kier molecular flexibility index (Phi) is 4.50. The first-order valence-corrected chi connectivity index (χ1v) is 9.19. The minimum atomic E-state index is -0.141. The van der Waals surface area contributed by atoms with E-state index in [4.69, 9.17) is 4.74 Å². The maximum Gasteiger partial charge on any atom is 0.271 e. The molecular formula is C18H26N4O2. The lowest BCUT2D eigenvalue weighted by atomic mass is 9.78. The number of aromatic nitrogens is 2. The van der Waals surface area contributed by atoms with Crippen LogP contribution in [0.25, 0.3) is 0 Å². The van der Waals surface area contributed by atoms with Gasteiger partial charge in [0, 0.05) is 44.7 Å². The molecule has 0 aromatic carbocycles. The number of hydrogen-bond acceptors (Lipinski definition) is 5. The summed E-state index contributed by atoms with van der Waals surface area (Å²) in [5.74, 6) is 0.412. The van der Waals surface area contributed by atoms with Crippen molar-refractivity contribution < 1.29 is 9.53 Å². The van der Waals surface area contributed by atoms with Gasteiger partial charge in [-0.3, -0.25) is 14.7 Å². The molecule has 1 saturated carbocycles. The van der Waals surface area contributed by atoms with E-state index >= 15 is 0 Å². The topological polar surface area (TPSA) is 67.3 Å². The lowest BCUT2D eigenvalue weighted by Crippen LogP contribution is -2.66. The van der Waals surface area contributed by atoms with E-state index in [-0.39, 0.29) is 11.5 Å². The summed E-state index contributed by atoms with van der Waals surface area (Å²) in [6, 6.07) is 0.789. The summed E-state index contributed by atoms with van der Waals surface area (Å²) in [6.07, 6.45) is 12.2. The molecule has 1 aromatic rings. The lowest BCUT2D eigenvalue weighted by molar-refractivity contribution is -0.146. The zero-order valence-electron chi connectivity index (χ0n) is 14.1. The van der Waals surface area contributed by atoms with Crippen LogP contribution in [0.15, 0.2) is 18.6 Å². The largest absolute Gasteiger partial charge is 0.372 e.